The first-order valence-electron chi connectivity index (χ1n) is 5.06. The third-order valence-electron chi connectivity index (χ3n) is 2.42. The van der Waals surface area contributed by atoms with Crippen LogP contribution in [0.2, 0.25) is 0 Å². The molecule has 0 aliphatic carbocycles. The molecule has 0 unspecified atom stereocenters. The number of ketones is 1. The lowest BCUT2D eigenvalue weighted by atomic mass is 10.1. The molecule has 0 radical (unpaired) electrons. The second kappa shape index (κ2) is 5.02. The normalized spacial score (nSPS) is 10.3. The number of aryl methyl sites for hydroxylation is 1. The minimum atomic E-state index is -0.0104. The third-order valence-corrected chi connectivity index (χ3v) is 3.97. The van der Waals surface area contributed by atoms with Gasteiger partial charge in [-0.25, -0.2) is 0 Å². The zero-order valence-corrected chi connectivity index (χ0v) is 11.9. The van der Waals surface area contributed by atoms with Gasteiger partial charge >= 0.3 is 0 Å². The maximum Gasteiger partial charge on any atom is 0.207 e. The number of thiophene rings is 1. The van der Waals surface area contributed by atoms with E-state index in [1.807, 2.05) is 30.5 Å². The lowest BCUT2D eigenvalue weighted by Gasteiger charge is -2.05. The van der Waals surface area contributed by atoms with Crippen molar-refractivity contribution < 1.29 is 9.53 Å². The molecule has 0 bridgehead atoms. The molecule has 0 fully saturated rings. The largest absolute Gasteiger partial charge is 0.495 e. The highest BCUT2D eigenvalue weighted by atomic mass is 79.9. The summed E-state index contributed by atoms with van der Waals surface area (Å²) < 4.78 is 5.98. The lowest BCUT2D eigenvalue weighted by molar-refractivity contribution is 0.103. The van der Waals surface area contributed by atoms with E-state index in [-0.39, 0.29) is 5.78 Å². The third kappa shape index (κ3) is 2.42. The molecule has 0 N–H and O–H groups in total. The van der Waals surface area contributed by atoms with E-state index in [1.54, 1.807) is 13.2 Å². The van der Waals surface area contributed by atoms with Gasteiger partial charge in [0.1, 0.15) is 10.6 Å². The van der Waals surface area contributed by atoms with Crippen LogP contribution >= 0.6 is 27.3 Å². The van der Waals surface area contributed by atoms with Gasteiger partial charge in [-0.05, 0) is 36.1 Å². The Bertz CT molecular complexity index is 560. The van der Waals surface area contributed by atoms with Crippen LogP contribution < -0.4 is 4.74 Å². The van der Waals surface area contributed by atoms with Crippen LogP contribution in [0.3, 0.4) is 0 Å². The van der Waals surface area contributed by atoms with E-state index in [0.717, 1.165) is 10.0 Å². The molecule has 0 amide bonds. The van der Waals surface area contributed by atoms with E-state index < -0.39 is 0 Å². The fraction of sp³-hybridized carbons (Fsp3) is 0.154. The molecule has 0 saturated carbocycles. The van der Waals surface area contributed by atoms with E-state index in [4.69, 9.17) is 4.74 Å². The first-order chi connectivity index (χ1) is 8.13. The van der Waals surface area contributed by atoms with Gasteiger partial charge in [0.2, 0.25) is 5.78 Å². The van der Waals surface area contributed by atoms with Crippen LogP contribution in [0.4, 0.5) is 0 Å². The summed E-state index contributed by atoms with van der Waals surface area (Å²) in [4.78, 5) is 13.0. The molecule has 4 heteroatoms. The SMILES string of the molecule is COc1ccsc1C(=O)c1ccc(C)cc1Br. The first-order valence-corrected chi connectivity index (χ1v) is 6.73. The van der Waals surface area contributed by atoms with Crippen molar-refractivity contribution in [2.24, 2.45) is 0 Å². The molecule has 1 aromatic heterocycles. The number of carbonyl (C=O) groups excluding carboxylic acids is 1. The van der Waals surface area contributed by atoms with Gasteiger partial charge in [-0.15, -0.1) is 11.3 Å². The molecule has 2 aromatic rings. The highest BCUT2D eigenvalue weighted by Crippen LogP contribution is 2.30. The maximum absolute atomic E-state index is 12.3. The number of carbonyl (C=O) groups is 1. The summed E-state index contributed by atoms with van der Waals surface area (Å²) in [6.07, 6.45) is 0. The zero-order chi connectivity index (χ0) is 12.4. The highest BCUT2D eigenvalue weighted by molar-refractivity contribution is 9.10. The Balaban J connectivity index is 2.44. The van der Waals surface area contributed by atoms with Gasteiger partial charge in [-0.2, -0.15) is 0 Å². The maximum atomic E-state index is 12.3. The van der Waals surface area contributed by atoms with Crippen molar-refractivity contribution in [1.29, 1.82) is 0 Å². The minimum Gasteiger partial charge on any atom is -0.495 e. The predicted octanol–water partition coefficient (Wildman–Crippen LogP) is 4.06. The molecule has 1 aromatic carbocycles. The smallest absolute Gasteiger partial charge is 0.207 e. The summed E-state index contributed by atoms with van der Waals surface area (Å²) in [5, 5.41) is 1.86. The Morgan fingerprint density at radius 1 is 1.35 bits per heavy atom. The summed E-state index contributed by atoms with van der Waals surface area (Å²) in [5.74, 6) is 0.621. The predicted molar refractivity (Wildman–Crippen MR) is 73.2 cm³/mol. The fourth-order valence-corrected chi connectivity index (χ4v) is 3.04. The zero-order valence-electron chi connectivity index (χ0n) is 9.49. The number of hydrogen-bond acceptors (Lipinski definition) is 3. The van der Waals surface area contributed by atoms with Crippen LogP contribution in [0.25, 0.3) is 0 Å². The van der Waals surface area contributed by atoms with Gasteiger partial charge in [-0.1, -0.05) is 22.0 Å². The summed E-state index contributed by atoms with van der Waals surface area (Å²) in [5.41, 5.74) is 1.78. The van der Waals surface area contributed by atoms with Gasteiger partial charge < -0.3 is 4.74 Å². The van der Waals surface area contributed by atoms with Gasteiger partial charge in [0.05, 0.1) is 7.11 Å². The van der Waals surface area contributed by atoms with Crippen LogP contribution in [-0.2, 0) is 0 Å². The van der Waals surface area contributed by atoms with Crippen LogP contribution in [0.1, 0.15) is 20.8 Å². The molecule has 0 spiro atoms. The number of rotatable bonds is 3. The second-order valence-corrected chi connectivity index (χ2v) is 5.40. The molecule has 1 heterocycles. The quantitative estimate of drug-likeness (QED) is 0.799. The summed E-state index contributed by atoms with van der Waals surface area (Å²) in [7, 11) is 1.57. The molecule has 0 aliphatic heterocycles. The Hall–Kier alpha value is -1.13. The fourth-order valence-electron chi connectivity index (χ4n) is 1.55. The number of benzene rings is 1. The Labute approximate surface area is 112 Å². The van der Waals surface area contributed by atoms with Gasteiger partial charge in [0.15, 0.2) is 0 Å². The van der Waals surface area contributed by atoms with Gasteiger partial charge in [0, 0.05) is 10.0 Å². The topological polar surface area (TPSA) is 26.3 Å². The van der Waals surface area contributed by atoms with E-state index in [1.165, 1.54) is 11.3 Å². The summed E-state index contributed by atoms with van der Waals surface area (Å²) in [6, 6.07) is 7.51. The summed E-state index contributed by atoms with van der Waals surface area (Å²) >= 11 is 4.82. The Morgan fingerprint density at radius 3 is 2.76 bits per heavy atom. The molecular formula is C13H11BrO2S. The van der Waals surface area contributed by atoms with Gasteiger partial charge in [-0.3, -0.25) is 4.79 Å². The van der Waals surface area contributed by atoms with E-state index in [2.05, 4.69) is 15.9 Å². The molecule has 17 heavy (non-hydrogen) atoms. The van der Waals surface area contributed by atoms with Crippen molar-refractivity contribution in [2.75, 3.05) is 7.11 Å². The standard InChI is InChI=1S/C13H11BrO2S/c1-8-3-4-9(10(14)7-8)12(15)13-11(16-2)5-6-17-13/h3-7H,1-2H3. The van der Waals surface area contributed by atoms with Crippen molar-refractivity contribution >= 4 is 33.0 Å². The number of hydrogen-bond donors (Lipinski definition) is 0. The van der Waals surface area contributed by atoms with Crippen molar-refractivity contribution in [3.8, 4) is 5.75 Å². The molecule has 0 atom stereocenters. The number of ether oxygens (including phenoxy) is 1. The Morgan fingerprint density at radius 2 is 2.12 bits per heavy atom. The van der Waals surface area contributed by atoms with Crippen molar-refractivity contribution in [3.05, 3.63) is 50.1 Å². The molecule has 0 saturated heterocycles. The van der Waals surface area contributed by atoms with Crippen LogP contribution in [0, 0.1) is 6.92 Å². The lowest BCUT2D eigenvalue weighted by Crippen LogP contribution is -2.02. The van der Waals surface area contributed by atoms with E-state index in [9.17, 15) is 4.79 Å². The monoisotopic (exact) mass is 310 g/mol. The molecule has 2 nitrogen and oxygen atoms in total. The van der Waals surface area contributed by atoms with Gasteiger partial charge in [0.25, 0.3) is 0 Å². The van der Waals surface area contributed by atoms with Crippen molar-refractivity contribution in [2.45, 2.75) is 6.92 Å². The number of halogens is 1. The highest BCUT2D eigenvalue weighted by Gasteiger charge is 2.18. The van der Waals surface area contributed by atoms with Crippen LogP contribution in [0.15, 0.2) is 34.1 Å². The minimum absolute atomic E-state index is 0.0104. The van der Waals surface area contributed by atoms with E-state index in [0.29, 0.717) is 16.2 Å². The first kappa shape index (κ1) is 12.3. The van der Waals surface area contributed by atoms with Crippen LogP contribution in [0.5, 0.6) is 5.75 Å². The van der Waals surface area contributed by atoms with Crippen molar-refractivity contribution in [3.63, 3.8) is 0 Å². The second-order valence-electron chi connectivity index (χ2n) is 3.63. The molecule has 0 aliphatic rings. The van der Waals surface area contributed by atoms with Crippen molar-refractivity contribution in [1.82, 2.24) is 0 Å². The number of methoxy groups -OCH3 is 1. The Kier molecular flexibility index (Phi) is 3.64. The molecule has 2 rings (SSSR count). The van der Waals surface area contributed by atoms with Crippen LogP contribution in [-0.4, -0.2) is 12.9 Å². The van der Waals surface area contributed by atoms with E-state index >= 15 is 0 Å². The molecular weight excluding hydrogens is 300 g/mol. The summed E-state index contributed by atoms with van der Waals surface area (Å²) in [6.45, 7) is 1.99. The average Bonchev–Trinajstić information content (AvgIpc) is 2.76. The molecule has 88 valence electrons. The average molecular weight is 311 g/mol.